The summed E-state index contributed by atoms with van der Waals surface area (Å²) in [7, 11) is 2.99. The molecule has 6 heteroatoms. The molecule has 0 aromatic heterocycles. The first-order valence-corrected chi connectivity index (χ1v) is 8.52. The summed E-state index contributed by atoms with van der Waals surface area (Å²) in [6, 6.07) is 10.1. The lowest BCUT2D eigenvalue weighted by atomic mass is 9.83. The van der Waals surface area contributed by atoms with Gasteiger partial charge in [-0.3, -0.25) is 0 Å². The lowest BCUT2D eigenvalue weighted by Gasteiger charge is -2.24. The lowest BCUT2D eigenvalue weighted by molar-refractivity contribution is 0.0809. The van der Waals surface area contributed by atoms with Crippen LogP contribution in [-0.2, 0) is 11.2 Å². The van der Waals surface area contributed by atoms with Crippen molar-refractivity contribution in [3.8, 4) is 23.0 Å². The molecule has 0 aliphatic carbocycles. The molecular formula is C20H24O6. The van der Waals surface area contributed by atoms with Crippen molar-refractivity contribution < 1.29 is 29.5 Å². The summed E-state index contributed by atoms with van der Waals surface area (Å²) in [6.07, 6.45) is -0.0239. The van der Waals surface area contributed by atoms with Crippen LogP contribution in [0.15, 0.2) is 36.4 Å². The Balaban J connectivity index is 1.77. The molecule has 2 aromatic carbocycles. The summed E-state index contributed by atoms with van der Waals surface area (Å²) in [5.74, 6) is 0.954. The van der Waals surface area contributed by atoms with Crippen molar-refractivity contribution in [3.63, 3.8) is 0 Å². The summed E-state index contributed by atoms with van der Waals surface area (Å²) >= 11 is 0. The van der Waals surface area contributed by atoms with Gasteiger partial charge in [-0.25, -0.2) is 0 Å². The lowest BCUT2D eigenvalue weighted by Crippen LogP contribution is -2.22. The maximum Gasteiger partial charge on any atom is 0.160 e. The van der Waals surface area contributed by atoms with Crippen LogP contribution >= 0.6 is 0 Å². The minimum atomic E-state index is -0.726. The molecule has 0 radical (unpaired) electrons. The average molecular weight is 360 g/mol. The Labute approximate surface area is 152 Å². The van der Waals surface area contributed by atoms with E-state index in [9.17, 15) is 15.3 Å². The monoisotopic (exact) mass is 360 g/mol. The molecule has 26 heavy (non-hydrogen) atoms. The molecule has 1 aliphatic rings. The first-order chi connectivity index (χ1) is 12.5. The Morgan fingerprint density at radius 2 is 1.65 bits per heavy atom. The zero-order chi connectivity index (χ0) is 18.7. The van der Waals surface area contributed by atoms with E-state index in [0.29, 0.717) is 36.7 Å². The Morgan fingerprint density at radius 3 is 2.35 bits per heavy atom. The first-order valence-electron chi connectivity index (χ1n) is 8.52. The summed E-state index contributed by atoms with van der Waals surface area (Å²) in [5.41, 5.74) is 1.69. The largest absolute Gasteiger partial charge is 0.504 e. The van der Waals surface area contributed by atoms with Crippen LogP contribution < -0.4 is 9.47 Å². The highest BCUT2D eigenvalue weighted by atomic mass is 16.5. The van der Waals surface area contributed by atoms with E-state index in [1.807, 2.05) is 6.07 Å². The molecule has 3 atom stereocenters. The summed E-state index contributed by atoms with van der Waals surface area (Å²) in [5, 5.41) is 30.3. The zero-order valence-corrected chi connectivity index (χ0v) is 14.9. The molecule has 3 rings (SSSR count). The van der Waals surface area contributed by atoms with E-state index in [0.717, 1.165) is 5.56 Å². The van der Waals surface area contributed by atoms with Gasteiger partial charge in [0.25, 0.3) is 0 Å². The van der Waals surface area contributed by atoms with Crippen LogP contribution in [0, 0.1) is 11.8 Å². The van der Waals surface area contributed by atoms with Gasteiger partial charge < -0.3 is 29.5 Å². The summed E-state index contributed by atoms with van der Waals surface area (Å²) in [4.78, 5) is 0. The molecule has 1 fully saturated rings. The van der Waals surface area contributed by atoms with Crippen molar-refractivity contribution in [3.05, 3.63) is 47.5 Å². The van der Waals surface area contributed by atoms with Crippen LogP contribution in [0.4, 0.5) is 0 Å². The molecule has 1 saturated heterocycles. The number of phenols is 2. The van der Waals surface area contributed by atoms with Gasteiger partial charge in [-0.05, 0) is 47.7 Å². The molecule has 0 saturated carbocycles. The Hall–Kier alpha value is -2.44. The van der Waals surface area contributed by atoms with E-state index in [4.69, 9.17) is 14.2 Å². The van der Waals surface area contributed by atoms with E-state index in [1.165, 1.54) is 20.3 Å². The fraction of sp³-hybridized carbons (Fsp3) is 0.400. The van der Waals surface area contributed by atoms with Gasteiger partial charge in [0, 0.05) is 5.92 Å². The number of rotatable bonds is 6. The van der Waals surface area contributed by atoms with Crippen LogP contribution in [0.2, 0.25) is 0 Å². The number of hydrogen-bond donors (Lipinski definition) is 3. The molecule has 140 valence electrons. The highest BCUT2D eigenvalue weighted by Gasteiger charge is 2.35. The van der Waals surface area contributed by atoms with Crippen LogP contribution in [0.1, 0.15) is 17.2 Å². The fourth-order valence-electron chi connectivity index (χ4n) is 3.45. The van der Waals surface area contributed by atoms with Crippen molar-refractivity contribution in [1.29, 1.82) is 0 Å². The summed E-state index contributed by atoms with van der Waals surface area (Å²) < 4.78 is 15.9. The molecule has 1 heterocycles. The van der Waals surface area contributed by atoms with Crippen molar-refractivity contribution in [1.82, 2.24) is 0 Å². The van der Waals surface area contributed by atoms with Crippen molar-refractivity contribution in [2.75, 3.05) is 27.4 Å². The van der Waals surface area contributed by atoms with Gasteiger partial charge in [-0.2, -0.15) is 0 Å². The second kappa shape index (κ2) is 7.85. The van der Waals surface area contributed by atoms with E-state index < -0.39 is 6.10 Å². The predicted octanol–water partition coefficient (Wildman–Crippen LogP) is 2.65. The van der Waals surface area contributed by atoms with E-state index in [2.05, 4.69) is 0 Å². The Kier molecular flexibility index (Phi) is 5.54. The van der Waals surface area contributed by atoms with Gasteiger partial charge in [0.1, 0.15) is 0 Å². The number of benzene rings is 2. The first kappa shape index (κ1) is 18.4. The van der Waals surface area contributed by atoms with Gasteiger partial charge in [0.05, 0.1) is 33.5 Å². The van der Waals surface area contributed by atoms with Crippen molar-refractivity contribution in [2.24, 2.45) is 11.8 Å². The number of methoxy groups -OCH3 is 2. The quantitative estimate of drug-likeness (QED) is 0.734. The number of aliphatic hydroxyl groups is 1. The maximum atomic E-state index is 10.8. The summed E-state index contributed by atoms with van der Waals surface area (Å²) in [6.45, 7) is 1.02. The SMILES string of the molecule is COc1cc(C[C@H]2COC[C@H]2[C@H](O)c2ccc(O)c(OC)c2)ccc1O. The van der Waals surface area contributed by atoms with Gasteiger partial charge in [0.2, 0.25) is 0 Å². The third kappa shape index (κ3) is 3.71. The molecule has 6 nitrogen and oxygen atoms in total. The molecule has 0 amide bonds. The van der Waals surface area contributed by atoms with Gasteiger partial charge >= 0.3 is 0 Å². The van der Waals surface area contributed by atoms with Crippen molar-refractivity contribution in [2.45, 2.75) is 12.5 Å². The normalized spacial score (nSPS) is 20.7. The van der Waals surface area contributed by atoms with E-state index in [1.54, 1.807) is 24.3 Å². The minimum absolute atomic E-state index is 0.0406. The third-order valence-electron chi connectivity index (χ3n) is 4.94. The molecule has 0 bridgehead atoms. The number of aliphatic hydroxyl groups excluding tert-OH is 1. The topological polar surface area (TPSA) is 88.4 Å². The number of ether oxygens (including phenoxy) is 3. The number of phenolic OH excluding ortho intramolecular Hbond substituents is 2. The zero-order valence-electron chi connectivity index (χ0n) is 14.9. The Bertz CT molecular complexity index is 760. The number of hydrogen-bond acceptors (Lipinski definition) is 6. The second-order valence-electron chi connectivity index (χ2n) is 6.55. The Morgan fingerprint density at radius 1 is 1.00 bits per heavy atom. The van der Waals surface area contributed by atoms with Crippen LogP contribution in [-0.4, -0.2) is 42.8 Å². The molecular weight excluding hydrogens is 336 g/mol. The molecule has 0 spiro atoms. The molecule has 3 N–H and O–H groups in total. The maximum absolute atomic E-state index is 10.8. The standard InChI is InChI=1S/C20H24O6/c1-24-18-8-12(3-5-16(18)21)7-14-10-26-11-15(14)20(23)13-4-6-17(22)19(9-13)25-2/h3-6,8-9,14-15,20-23H,7,10-11H2,1-2H3/t14-,15+,20+/m0/s1. The van der Waals surface area contributed by atoms with Gasteiger partial charge in [-0.1, -0.05) is 12.1 Å². The fourth-order valence-corrected chi connectivity index (χ4v) is 3.45. The van der Waals surface area contributed by atoms with Gasteiger partial charge in [0.15, 0.2) is 23.0 Å². The second-order valence-corrected chi connectivity index (χ2v) is 6.55. The van der Waals surface area contributed by atoms with Crippen LogP contribution in [0.25, 0.3) is 0 Å². The van der Waals surface area contributed by atoms with E-state index >= 15 is 0 Å². The molecule has 1 aliphatic heterocycles. The highest BCUT2D eigenvalue weighted by molar-refractivity contribution is 5.43. The van der Waals surface area contributed by atoms with Crippen molar-refractivity contribution >= 4 is 0 Å². The molecule has 2 aromatic rings. The van der Waals surface area contributed by atoms with Crippen LogP contribution in [0.5, 0.6) is 23.0 Å². The number of aromatic hydroxyl groups is 2. The average Bonchev–Trinajstić information content (AvgIpc) is 3.11. The minimum Gasteiger partial charge on any atom is -0.504 e. The third-order valence-corrected chi connectivity index (χ3v) is 4.94. The highest BCUT2D eigenvalue weighted by Crippen LogP contribution is 2.38. The van der Waals surface area contributed by atoms with Crippen LogP contribution in [0.3, 0.4) is 0 Å². The predicted molar refractivity (Wildman–Crippen MR) is 95.8 cm³/mol. The molecule has 0 unspecified atom stereocenters. The van der Waals surface area contributed by atoms with Gasteiger partial charge in [-0.15, -0.1) is 0 Å². The van der Waals surface area contributed by atoms with E-state index in [-0.39, 0.29) is 23.3 Å². The smallest absolute Gasteiger partial charge is 0.160 e.